The van der Waals surface area contributed by atoms with Gasteiger partial charge in [0.05, 0.1) is 10.4 Å². The van der Waals surface area contributed by atoms with E-state index >= 15 is 0 Å². The van der Waals surface area contributed by atoms with Crippen LogP contribution in [0.5, 0.6) is 0 Å². The molecule has 0 aliphatic heterocycles. The maximum atomic E-state index is 11.4. The number of carboxylic acid groups (broad SMARTS) is 1. The van der Waals surface area contributed by atoms with Crippen molar-refractivity contribution in [2.75, 3.05) is 0 Å². The quantitative estimate of drug-likeness (QED) is 0.590. The van der Waals surface area contributed by atoms with Crippen molar-refractivity contribution in [1.82, 2.24) is 4.57 Å². The molecule has 21 heavy (non-hydrogen) atoms. The third-order valence-corrected chi connectivity index (χ3v) is 3.23. The first kappa shape index (κ1) is 12.9. The van der Waals surface area contributed by atoms with E-state index in [1.807, 2.05) is 6.07 Å². The summed E-state index contributed by atoms with van der Waals surface area (Å²) in [6.07, 6.45) is 0. The lowest BCUT2D eigenvalue weighted by Gasteiger charge is -2.07. The molecule has 0 saturated heterocycles. The van der Waals surface area contributed by atoms with Crippen molar-refractivity contribution in [1.29, 1.82) is 0 Å². The van der Waals surface area contributed by atoms with Crippen molar-refractivity contribution in [2.24, 2.45) is 0 Å². The standard InChI is InChI=1S/C15H10N2O4/c18-15(19)14-9-10-8-12(17(20)21)6-7-13(10)16(14)11-4-2-1-3-5-11/h1-9H,(H,18,19). The number of carboxylic acids is 1. The molecular formula is C15H10N2O4. The summed E-state index contributed by atoms with van der Waals surface area (Å²) >= 11 is 0. The fraction of sp³-hybridized carbons (Fsp3) is 0. The normalized spacial score (nSPS) is 10.7. The fourth-order valence-electron chi connectivity index (χ4n) is 2.33. The Morgan fingerprint density at radius 1 is 1.10 bits per heavy atom. The average Bonchev–Trinajstić information content (AvgIpc) is 2.86. The first-order chi connectivity index (χ1) is 10.1. The number of nitro benzene ring substituents is 1. The van der Waals surface area contributed by atoms with E-state index in [0.29, 0.717) is 16.6 Å². The van der Waals surface area contributed by atoms with E-state index in [1.54, 1.807) is 34.9 Å². The molecule has 6 heteroatoms. The molecule has 104 valence electrons. The smallest absolute Gasteiger partial charge is 0.352 e. The Balaban J connectivity index is 2.33. The molecule has 0 saturated carbocycles. The minimum Gasteiger partial charge on any atom is -0.477 e. The number of non-ortho nitro benzene ring substituents is 1. The Kier molecular flexibility index (Phi) is 2.91. The van der Waals surface area contributed by atoms with Crippen LogP contribution in [0.4, 0.5) is 5.69 Å². The molecule has 3 rings (SSSR count). The first-order valence-electron chi connectivity index (χ1n) is 6.16. The summed E-state index contributed by atoms with van der Waals surface area (Å²) in [5.74, 6) is -1.09. The van der Waals surface area contributed by atoms with Crippen molar-refractivity contribution < 1.29 is 14.8 Å². The van der Waals surface area contributed by atoms with Crippen LogP contribution in [0.3, 0.4) is 0 Å². The summed E-state index contributed by atoms with van der Waals surface area (Å²) in [6.45, 7) is 0. The lowest BCUT2D eigenvalue weighted by atomic mass is 10.2. The Morgan fingerprint density at radius 3 is 2.43 bits per heavy atom. The second-order valence-corrected chi connectivity index (χ2v) is 4.51. The number of hydrogen-bond donors (Lipinski definition) is 1. The summed E-state index contributed by atoms with van der Waals surface area (Å²) in [4.78, 5) is 21.8. The van der Waals surface area contributed by atoms with E-state index in [-0.39, 0.29) is 11.4 Å². The fourth-order valence-corrected chi connectivity index (χ4v) is 2.33. The number of benzene rings is 2. The van der Waals surface area contributed by atoms with Crippen LogP contribution in [-0.4, -0.2) is 20.6 Å². The maximum Gasteiger partial charge on any atom is 0.352 e. The van der Waals surface area contributed by atoms with E-state index in [1.165, 1.54) is 18.2 Å². The SMILES string of the molecule is O=C(O)c1cc2cc([N+](=O)[O-])ccc2n1-c1ccccc1. The molecular weight excluding hydrogens is 272 g/mol. The first-order valence-corrected chi connectivity index (χ1v) is 6.16. The molecule has 0 radical (unpaired) electrons. The van der Waals surface area contributed by atoms with Crippen molar-refractivity contribution in [3.8, 4) is 5.69 Å². The maximum absolute atomic E-state index is 11.4. The van der Waals surface area contributed by atoms with Crippen LogP contribution in [0.25, 0.3) is 16.6 Å². The monoisotopic (exact) mass is 282 g/mol. The minimum atomic E-state index is -1.09. The molecule has 3 aromatic rings. The zero-order chi connectivity index (χ0) is 15.0. The number of hydrogen-bond acceptors (Lipinski definition) is 3. The van der Waals surface area contributed by atoms with Gasteiger partial charge in [-0.2, -0.15) is 0 Å². The molecule has 1 aromatic heterocycles. The van der Waals surface area contributed by atoms with Crippen LogP contribution in [0, 0.1) is 10.1 Å². The van der Waals surface area contributed by atoms with Gasteiger partial charge in [-0.1, -0.05) is 18.2 Å². The van der Waals surface area contributed by atoms with Crippen molar-refractivity contribution in [2.45, 2.75) is 0 Å². The number of aromatic nitrogens is 1. The molecule has 0 spiro atoms. The lowest BCUT2D eigenvalue weighted by Crippen LogP contribution is -2.06. The third-order valence-electron chi connectivity index (χ3n) is 3.23. The van der Waals surface area contributed by atoms with Gasteiger partial charge in [0, 0.05) is 23.2 Å². The van der Waals surface area contributed by atoms with Crippen LogP contribution in [-0.2, 0) is 0 Å². The molecule has 1 heterocycles. The zero-order valence-electron chi connectivity index (χ0n) is 10.8. The Labute approximate surface area is 119 Å². The van der Waals surface area contributed by atoms with E-state index in [4.69, 9.17) is 0 Å². The molecule has 0 aliphatic carbocycles. The lowest BCUT2D eigenvalue weighted by molar-refractivity contribution is -0.384. The van der Waals surface area contributed by atoms with Gasteiger partial charge in [-0.05, 0) is 24.3 Å². The number of fused-ring (bicyclic) bond motifs is 1. The summed E-state index contributed by atoms with van der Waals surface area (Å²) in [7, 11) is 0. The van der Waals surface area contributed by atoms with Crippen LogP contribution in [0.15, 0.2) is 54.6 Å². The van der Waals surface area contributed by atoms with Crippen molar-refractivity contribution in [3.05, 3.63) is 70.4 Å². The predicted molar refractivity (Wildman–Crippen MR) is 76.9 cm³/mol. The van der Waals surface area contributed by atoms with Gasteiger partial charge < -0.3 is 9.67 Å². The van der Waals surface area contributed by atoms with Crippen molar-refractivity contribution >= 4 is 22.6 Å². The topological polar surface area (TPSA) is 85.4 Å². The van der Waals surface area contributed by atoms with E-state index in [2.05, 4.69) is 0 Å². The van der Waals surface area contributed by atoms with Gasteiger partial charge in [0.25, 0.3) is 5.69 Å². The summed E-state index contributed by atoms with van der Waals surface area (Å²) in [5, 5.41) is 20.7. The van der Waals surface area contributed by atoms with Gasteiger partial charge in [-0.3, -0.25) is 10.1 Å². The number of aromatic carboxylic acids is 1. The molecule has 0 bridgehead atoms. The van der Waals surface area contributed by atoms with Gasteiger partial charge >= 0.3 is 5.97 Å². The second kappa shape index (κ2) is 4.75. The molecule has 6 nitrogen and oxygen atoms in total. The molecule has 0 aliphatic rings. The Morgan fingerprint density at radius 2 is 1.81 bits per heavy atom. The highest BCUT2D eigenvalue weighted by atomic mass is 16.6. The number of nitro groups is 1. The number of para-hydroxylation sites is 1. The minimum absolute atomic E-state index is 0.0651. The number of rotatable bonds is 3. The Bertz CT molecular complexity index is 853. The average molecular weight is 282 g/mol. The second-order valence-electron chi connectivity index (χ2n) is 4.51. The number of carbonyl (C=O) groups is 1. The molecule has 0 amide bonds. The summed E-state index contributed by atoms with van der Waals surface area (Å²) in [5.41, 5.74) is 1.31. The molecule has 0 fully saturated rings. The number of nitrogens with zero attached hydrogens (tertiary/aromatic N) is 2. The summed E-state index contributed by atoms with van der Waals surface area (Å²) < 4.78 is 1.57. The zero-order valence-corrected chi connectivity index (χ0v) is 10.8. The van der Waals surface area contributed by atoms with Crippen LogP contribution >= 0.6 is 0 Å². The van der Waals surface area contributed by atoms with Crippen LogP contribution < -0.4 is 0 Å². The van der Waals surface area contributed by atoms with Gasteiger partial charge in [-0.15, -0.1) is 0 Å². The van der Waals surface area contributed by atoms with Gasteiger partial charge in [0.2, 0.25) is 0 Å². The molecule has 1 N–H and O–H groups in total. The molecule has 0 unspecified atom stereocenters. The molecule has 2 aromatic carbocycles. The highest BCUT2D eigenvalue weighted by Crippen LogP contribution is 2.27. The largest absolute Gasteiger partial charge is 0.477 e. The van der Waals surface area contributed by atoms with Crippen LogP contribution in [0.2, 0.25) is 0 Å². The van der Waals surface area contributed by atoms with Crippen molar-refractivity contribution in [3.63, 3.8) is 0 Å². The highest BCUT2D eigenvalue weighted by molar-refractivity contribution is 5.96. The third kappa shape index (κ3) is 2.12. The van der Waals surface area contributed by atoms with E-state index < -0.39 is 10.9 Å². The van der Waals surface area contributed by atoms with Gasteiger partial charge in [0.15, 0.2) is 0 Å². The van der Waals surface area contributed by atoms with Gasteiger partial charge in [-0.25, -0.2) is 4.79 Å². The summed E-state index contributed by atoms with van der Waals surface area (Å²) in [6, 6.07) is 14.8. The van der Waals surface area contributed by atoms with Crippen LogP contribution in [0.1, 0.15) is 10.5 Å². The van der Waals surface area contributed by atoms with E-state index in [0.717, 1.165) is 0 Å². The Hall–Kier alpha value is -3.15. The predicted octanol–water partition coefficient (Wildman–Crippen LogP) is 3.24. The highest BCUT2D eigenvalue weighted by Gasteiger charge is 2.18. The van der Waals surface area contributed by atoms with E-state index in [9.17, 15) is 20.0 Å². The molecule has 0 atom stereocenters. The van der Waals surface area contributed by atoms with Gasteiger partial charge in [0.1, 0.15) is 5.69 Å².